The van der Waals surface area contributed by atoms with Crippen molar-refractivity contribution in [3.8, 4) is 0 Å². The molecule has 0 N–H and O–H groups in total. The average Bonchev–Trinajstić information content (AvgIpc) is 3.56. The Balaban J connectivity index is 0.000000111. The zero-order valence-electron chi connectivity index (χ0n) is 43.9. The Morgan fingerprint density at radius 3 is 0.512 bits per heavy atom. The number of para-hydroxylation sites is 2. The number of rotatable bonds is 0. The Morgan fingerprint density at radius 2 is 0.312 bits per heavy atom. The molecule has 16 aromatic rings. The number of hydrogen-bond acceptors (Lipinski definition) is 8. The van der Waals surface area contributed by atoms with Crippen LogP contribution in [0, 0.1) is 0 Å². The highest BCUT2D eigenvalue weighted by molar-refractivity contribution is 5.85. The van der Waals surface area contributed by atoms with Gasteiger partial charge in [-0.2, -0.15) is 0 Å². The van der Waals surface area contributed by atoms with E-state index in [1.54, 1.807) is 0 Å². The molecule has 8 nitrogen and oxygen atoms in total. The van der Waals surface area contributed by atoms with E-state index >= 15 is 0 Å². The predicted octanol–water partition coefficient (Wildman–Crippen LogP) is 17.9. The van der Waals surface area contributed by atoms with Gasteiger partial charge in [0.05, 0.1) is 11.0 Å². The summed E-state index contributed by atoms with van der Waals surface area (Å²) in [7, 11) is 0. The van der Waals surface area contributed by atoms with Gasteiger partial charge in [-0.05, 0) is 125 Å². The highest BCUT2D eigenvalue weighted by Crippen LogP contribution is 2.15. The van der Waals surface area contributed by atoms with E-state index in [1.807, 2.05) is 244 Å². The molecule has 0 saturated carbocycles. The van der Waals surface area contributed by atoms with Gasteiger partial charge in [0.2, 0.25) is 0 Å². The molecule has 0 fully saturated rings. The van der Waals surface area contributed by atoms with Crippen LogP contribution in [0.25, 0.3) is 86.4 Å². The minimum Gasteiger partial charge on any atom is -0.264 e. The summed E-state index contributed by atoms with van der Waals surface area (Å²) in [6.45, 7) is 0. The quantitative estimate of drug-likeness (QED) is 0.148. The molecule has 0 aliphatic carbocycles. The van der Waals surface area contributed by atoms with E-state index in [0.717, 1.165) is 11.0 Å². The van der Waals surface area contributed by atoms with Crippen molar-refractivity contribution >= 4 is 86.4 Å². The molecule has 384 valence electrons. The Morgan fingerprint density at radius 1 is 0.138 bits per heavy atom. The molecule has 8 aromatic carbocycles. The maximum absolute atomic E-state index is 4.18. The van der Waals surface area contributed by atoms with Crippen LogP contribution in [-0.2, 0) is 0 Å². The fourth-order valence-electron chi connectivity index (χ4n) is 8.19. The number of fused-ring (bicyclic) bond motifs is 8. The third-order valence-electron chi connectivity index (χ3n) is 12.3. The van der Waals surface area contributed by atoms with Crippen LogP contribution in [0.1, 0.15) is 0 Å². The Bertz CT molecular complexity index is 3060. The summed E-state index contributed by atoms with van der Waals surface area (Å²) in [5.41, 5.74) is 2.12. The van der Waals surface area contributed by atoms with Crippen molar-refractivity contribution < 1.29 is 0 Å². The lowest BCUT2D eigenvalue weighted by molar-refractivity contribution is 1.36. The topological polar surface area (TPSA) is 103 Å². The van der Waals surface area contributed by atoms with Crippen LogP contribution in [0.5, 0.6) is 0 Å². The van der Waals surface area contributed by atoms with Crippen molar-refractivity contribution in [3.05, 3.63) is 342 Å². The Kier molecular flexibility index (Phi) is 20.2. The summed E-state index contributed by atoms with van der Waals surface area (Å²) in [5.74, 6) is 0. The SMILES string of the molecule is c1ccc2cnccc2c1.c1ccc2cnccc2c1.c1ccc2cnccc2c1.c1ccc2cnccc2c1.c1ccc2cnccc2c1.c1ccc2cnccc2c1.c1ccc2ncccc2c1.c1ccc2ncccc2c1. The Labute approximate surface area is 465 Å². The number of benzene rings is 8. The normalized spacial score (nSPS) is 10.0. The van der Waals surface area contributed by atoms with Crippen molar-refractivity contribution in [2.24, 2.45) is 0 Å². The molecule has 8 heteroatoms. The third kappa shape index (κ3) is 16.5. The summed E-state index contributed by atoms with van der Waals surface area (Å²) in [6, 6.07) is 85.3. The van der Waals surface area contributed by atoms with Crippen molar-refractivity contribution in [2.75, 3.05) is 0 Å². The lowest BCUT2D eigenvalue weighted by Gasteiger charge is -1.91. The highest BCUT2D eigenvalue weighted by atomic mass is 14.7. The average molecular weight is 1030 g/mol. The monoisotopic (exact) mass is 1030 g/mol. The third-order valence-corrected chi connectivity index (χ3v) is 12.3. The lowest BCUT2D eigenvalue weighted by Crippen LogP contribution is -1.73. The molecule has 8 aromatic heterocycles. The highest BCUT2D eigenvalue weighted by Gasteiger charge is 1.92. The second-order valence-corrected chi connectivity index (χ2v) is 17.7. The molecule has 0 unspecified atom stereocenters. The van der Waals surface area contributed by atoms with Crippen LogP contribution in [0.2, 0.25) is 0 Å². The summed E-state index contributed by atoms with van der Waals surface area (Å²) >= 11 is 0. The molecule has 16 rings (SSSR count). The first kappa shape index (κ1) is 53.9. The maximum Gasteiger partial charge on any atom is 0.0701 e. The van der Waals surface area contributed by atoms with Gasteiger partial charge in [-0.25, -0.2) is 0 Å². The largest absolute Gasteiger partial charge is 0.264 e. The summed E-state index contributed by atoms with van der Waals surface area (Å²) < 4.78 is 0. The molecular formula is C72H56N8. The zero-order chi connectivity index (χ0) is 54.5. The molecule has 0 aliphatic heterocycles. The first-order valence-electron chi connectivity index (χ1n) is 26.1. The standard InChI is InChI=1S/8C9H7N/c2*1-2-6-9-8(4-1)5-3-7-10-9;6*1-2-4-9-7-10-6-5-8(9)3-1/h8*1-7H. The lowest BCUT2D eigenvalue weighted by atomic mass is 10.2. The van der Waals surface area contributed by atoms with Gasteiger partial charge >= 0.3 is 0 Å². The molecule has 0 amide bonds. The van der Waals surface area contributed by atoms with Crippen LogP contribution in [-0.4, -0.2) is 39.9 Å². The molecule has 80 heavy (non-hydrogen) atoms. The molecular weight excluding hydrogens is 977 g/mol. The fourth-order valence-corrected chi connectivity index (χ4v) is 8.19. The first-order chi connectivity index (χ1) is 39.7. The van der Waals surface area contributed by atoms with E-state index in [1.165, 1.54) is 75.4 Å². The van der Waals surface area contributed by atoms with Crippen LogP contribution in [0.15, 0.2) is 342 Å². The van der Waals surface area contributed by atoms with E-state index < -0.39 is 0 Å². The second-order valence-electron chi connectivity index (χ2n) is 17.7. The van der Waals surface area contributed by atoms with Crippen LogP contribution in [0.4, 0.5) is 0 Å². The smallest absolute Gasteiger partial charge is 0.0701 e. The van der Waals surface area contributed by atoms with E-state index in [4.69, 9.17) is 0 Å². The van der Waals surface area contributed by atoms with Gasteiger partial charge in [0.25, 0.3) is 0 Å². The summed E-state index contributed by atoms with van der Waals surface area (Å²) in [6.07, 6.45) is 25.7. The van der Waals surface area contributed by atoms with Gasteiger partial charge in [-0.15, -0.1) is 0 Å². The summed E-state index contributed by atoms with van der Waals surface area (Å²) in [5, 5.41) is 17.1. The number of nitrogens with zero attached hydrogens (tertiary/aromatic N) is 8. The number of aromatic nitrogens is 8. The number of pyridine rings is 8. The van der Waals surface area contributed by atoms with Gasteiger partial charge in [0.15, 0.2) is 0 Å². The van der Waals surface area contributed by atoms with Crippen molar-refractivity contribution in [3.63, 3.8) is 0 Å². The molecule has 8 heterocycles. The van der Waals surface area contributed by atoms with Crippen LogP contribution in [0.3, 0.4) is 0 Å². The zero-order valence-corrected chi connectivity index (χ0v) is 43.9. The van der Waals surface area contributed by atoms with Crippen LogP contribution >= 0.6 is 0 Å². The predicted molar refractivity (Wildman–Crippen MR) is 334 cm³/mol. The minimum absolute atomic E-state index is 1.06. The van der Waals surface area contributed by atoms with Crippen molar-refractivity contribution in [2.45, 2.75) is 0 Å². The minimum atomic E-state index is 1.06. The molecule has 0 radical (unpaired) electrons. The summed E-state index contributed by atoms with van der Waals surface area (Å²) in [4.78, 5) is 32.4. The first-order valence-corrected chi connectivity index (χ1v) is 26.1. The molecule has 0 saturated heterocycles. The Hall–Kier alpha value is -11.0. The molecule has 0 bridgehead atoms. The molecule has 0 spiro atoms. The maximum atomic E-state index is 4.18. The van der Waals surface area contributed by atoms with Gasteiger partial charge in [0.1, 0.15) is 0 Å². The second kappa shape index (κ2) is 30.0. The van der Waals surface area contributed by atoms with E-state index in [9.17, 15) is 0 Å². The van der Waals surface area contributed by atoms with Gasteiger partial charge < -0.3 is 0 Å². The van der Waals surface area contributed by atoms with Crippen molar-refractivity contribution in [1.82, 2.24) is 39.9 Å². The van der Waals surface area contributed by atoms with Crippen molar-refractivity contribution in [1.29, 1.82) is 0 Å². The van der Waals surface area contributed by atoms with Crippen LogP contribution < -0.4 is 0 Å². The molecule has 0 aliphatic rings. The van der Waals surface area contributed by atoms with E-state index in [-0.39, 0.29) is 0 Å². The van der Waals surface area contributed by atoms with Gasteiger partial charge in [-0.3, -0.25) is 39.9 Å². The van der Waals surface area contributed by atoms with E-state index in [2.05, 4.69) is 137 Å². The molecule has 0 atom stereocenters. The van der Waals surface area contributed by atoms with Gasteiger partial charge in [-0.1, -0.05) is 194 Å². The number of hydrogen-bond donors (Lipinski definition) is 0. The van der Waals surface area contributed by atoms with Gasteiger partial charge in [0, 0.05) is 97.5 Å². The van der Waals surface area contributed by atoms with E-state index in [0.29, 0.717) is 0 Å². The fraction of sp³-hybridized carbons (Fsp3) is 0.